The maximum absolute atomic E-state index is 14.4. The first-order valence-corrected chi connectivity index (χ1v) is 11.6. The molecule has 0 aromatic heterocycles. The fraction of sp³-hybridized carbons (Fsp3) is 0.462. The fourth-order valence-electron chi connectivity index (χ4n) is 4.23. The Hall–Kier alpha value is -3.04. The topological polar surface area (TPSA) is 71.1 Å². The van der Waals surface area contributed by atoms with Crippen LogP contribution in [0.2, 0.25) is 0 Å². The van der Waals surface area contributed by atoms with E-state index in [9.17, 15) is 18.4 Å². The summed E-state index contributed by atoms with van der Waals surface area (Å²) in [6, 6.07) is 8.13. The SMILES string of the molecule is CO[C@@H]1CN(C)C(=O)c2ccc(NC(C)=O)cc2OC[C@@H](C)N(Cc2cc(F)ccc2F)C[C@@H]1C. The number of hydrogen-bond donors (Lipinski definition) is 1. The van der Waals surface area contributed by atoms with E-state index in [-0.39, 0.29) is 48.6 Å². The Morgan fingerprint density at radius 1 is 1.17 bits per heavy atom. The largest absolute Gasteiger partial charge is 0.491 e. The molecule has 190 valence electrons. The number of methoxy groups -OCH3 is 1. The number of nitrogens with one attached hydrogen (secondary N) is 1. The Bertz CT molecular complexity index is 1060. The maximum atomic E-state index is 14.4. The summed E-state index contributed by atoms with van der Waals surface area (Å²) in [5.74, 6) is -1.13. The zero-order chi connectivity index (χ0) is 25.7. The third-order valence-corrected chi connectivity index (χ3v) is 6.28. The van der Waals surface area contributed by atoms with Crippen LogP contribution >= 0.6 is 0 Å². The van der Waals surface area contributed by atoms with Crippen molar-refractivity contribution in [3.8, 4) is 5.75 Å². The molecule has 1 aliphatic heterocycles. The number of anilines is 1. The van der Waals surface area contributed by atoms with Crippen molar-refractivity contribution in [2.45, 2.75) is 39.5 Å². The Balaban J connectivity index is 1.97. The molecule has 0 saturated heterocycles. The molecule has 2 amide bonds. The van der Waals surface area contributed by atoms with Gasteiger partial charge in [-0.1, -0.05) is 6.92 Å². The highest BCUT2D eigenvalue weighted by atomic mass is 19.1. The standard InChI is InChI=1S/C26H33F2N3O4/c1-16-12-31(13-19-10-20(27)6-9-23(19)28)17(2)15-35-24-11-21(29-18(3)32)7-8-22(24)26(33)30(4)14-25(16)34-5/h6-11,16-17,25H,12-15H2,1-5H3,(H,29,32)/t16-,17+,25+/m0/s1. The van der Waals surface area contributed by atoms with Crippen molar-refractivity contribution in [3.05, 3.63) is 59.2 Å². The minimum absolute atomic E-state index is 0.0182. The van der Waals surface area contributed by atoms with Crippen LogP contribution in [0.5, 0.6) is 5.75 Å². The van der Waals surface area contributed by atoms with E-state index in [4.69, 9.17) is 9.47 Å². The molecule has 9 heteroatoms. The molecule has 0 spiro atoms. The number of fused-ring (bicyclic) bond motifs is 1. The van der Waals surface area contributed by atoms with Gasteiger partial charge in [0.05, 0.1) is 11.7 Å². The first kappa shape index (κ1) is 26.6. The molecule has 0 saturated carbocycles. The Morgan fingerprint density at radius 3 is 2.60 bits per heavy atom. The minimum atomic E-state index is -0.498. The van der Waals surface area contributed by atoms with Crippen LogP contribution in [-0.4, -0.2) is 67.6 Å². The van der Waals surface area contributed by atoms with Gasteiger partial charge in [0.1, 0.15) is 24.0 Å². The molecule has 0 aliphatic carbocycles. The van der Waals surface area contributed by atoms with Crippen LogP contribution in [-0.2, 0) is 16.1 Å². The number of ether oxygens (including phenoxy) is 2. The van der Waals surface area contributed by atoms with Crippen molar-refractivity contribution in [2.24, 2.45) is 5.92 Å². The summed E-state index contributed by atoms with van der Waals surface area (Å²) in [4.78, 5) is 28.3. The Kier molecular flexibility index (Phi) is 8.80. The molecule has 35 heavy (non-hydrogen) atoms. The van der Waals surface area contributed by atoms with E-state index < -0.39 is 11.6 Å². The molecule has 0 radical (unpaired) electrons. The van der Waals surface area contributed by atoms with Gasteiger partial charge in [0.15, 0.2) is 0 Å². The van der Waals surface area contributed by atoms with Crippen LogP contribution in [0.4, 0.5) is 14.5 Å². The number of carbonyl (C=O) groups is 2. The number of halogens is 2. The fourth-order valence-corrected chi connectivity index (χ4v) is 4.23. The number of benzene rings is 2. The van der Waals surface area contributed by atoms with E-state index >= 15 is 0 Å². The molecule has 3 rings (SSSR count). The smallest absolute Gasteiger partial charge is 0.257 e. The van der Waals surface area contributed by atoms with Crippen LogP contribution in [0, 0.1) is 17.6 Å². The lowest BCUT2D eigenvalue weighted by atomic mass is 10.0. The molecule has 0 unspecified atom stereocenters. The minimum Gasteiger partial charge on any atom is -0.491 e. The number of amides is 2. The summed E-state index contributed by atoms with van der Waals surface area (Å²) >= 11 is 0. The Labute approximate surface area is 205 Å². The molecule has 1 heterocycles. The second-order valence-electron chi connectivity index (χ2n) is 9.15. The van der Waals surface area contributed by atoms with Crippen molar-refractivity contribution in [1.82, 2.24) is 9.80 Å². The lowest BCUT2D eigenvalue weighted by Gasteiger charge is -2.36. The van der Waals surface area contributed by atoms with E-state index in [0.29, 0.717) is 30.1 Å². The van der Waals surface area contributed by atoms with E-state index in [2.05, 4.69) is 5.32 Å². The van der Waals surface area contributed by atoms with Crippen molar-refractivity contribution in [1.29, 1.82) is 0 Å². The lowest BCUT2D eigenvalue weighted by Crippen LogP contribution is -2.46. The highest BCUT2D eigenvalue weighted by Crippen LogP contribution is 2.27. The summed E-state index contributed by atoms with van der Waals surface area (Å²) in [5.41, 5.74) is 1.12. The van der Waals surface area contributed by atoms with Crippen molar-refractivity contribution in [3.63, 3.8) is 0 Å². The van der Waals surface area contributed by atoms with Gasteiger partial charge in [0.2, 0.25) is 5.91 Å². The first-order valence-electron chi connectivity index (χ1n) is 11.6. The zero-order valence-corrected chi connectivity index (χ0v) is 20.8. The summed E-state index contributed by atoms with van der Waals surface area (Å²) in [6.07, 6.45) is -0.279. The first-order chi connectivity index (χ1) is 16.6. The maximum Gasteiger partial charge on any atom is 0.257 e. The van der Waals surface area contributed by atoms with Gasteiger partial charge < -0.3 is 19.7 Å². The van der Waals surface area contributed by atoms with Crippen LogP contribution in [0.1, 0.15) is 36.7 Å². The molecule has 3 atom stereocenters. The summed E-state index contributed by atoms with van der Waals surface area (Å²) in [5, 5.41) is 2.70. The summed E-state index contributed by atoms with van der Waals surface area (Å²) in [6.45, 7) is 6.56. The van der Waals surface area contributed by atoms with Gasteiger partial charge in [-0.2, -0.15) is 0 Å². The summed E-state index contributed by atoms with van der Waals surface area (Å²) in [7, 11) is 3.29. The van der Waals surface area contributed by atoms with Gasteiger partial charge in [-0.15, -0.1) is 0 Å². The monoisotopic (exact) mass is 489 g/mol. The van der Waals surface area contributed by atoms with E-state index in [0.717, 1.165) is 12.1 Å². The second-order valence-corrected chi connectivity index (χ2v) is 9.15. The third kappa shape index (κ3) is 6.76. The lowest BCUT2D eigenvalue weighted by molar-refractivity contribution is -0.114. The molecular weight excluding hydrogens is 456 g/mol. The number of carbonyl (C=O) groups excluding carboxylic acids is 2. The zero-order valence-electron chi connectivity index (χ0n) is 20.8. The molecule has 2 aromatic rings. The predicted octanol–water partition coefficient (Wildman–Crippen LogP) is 3.93. The van der Waals surface area contributed by atoms with Crippen molar-refractivity contribution in [2.75, 3.05) is 39.2 Å². The molecule has 0 fully saturated rings. The quantitative estimate of drug-likeness (QED) is 0.705. The molecular formula is C26H33F2N3O4. The summed E-state index contributed by atoms with van der Waals surface area (Å²) < 4.78 is 40.1. The molecule has 7 nitrogen and oxygen atoms in total. The van der Waals surface area contributed by atoms with Crippen LogP contribution in [0.3, 0.4) is 0 Å². The molecule has 0 bridgehead atoms. The van der Waals surface area contributed by atoms with Gasteiger partial charge in [-0.05, 0) is 43.2 Å². The van der Waals surface area contributed by atoms with E-state index in [1.165, 1.54) is 13.0 Å². The van der Waals surface area contributed by atoms with Crippen LogP contribution in [0.25, 0.3) is 0 Å². The highest BCUT2D eigenvalue weighted by molar-refractivity contribution is 5.98. The van der Waals surface area contributed by atoms with Gasteiger partial charge in [-0.3, -0.25) is 14.5 Å². The second kappa shape index (κ2) is 11.6. The average Bonchev–Trinajstić information content (AvgIpc) is 2.81. The molecule has 1 aliphatic rings. The third-order valence-electron chi connectivity index (χ3n) is 6.28. The van der Waals surface area contributed by atoms with Gasteiger partial charge >= 0.3 is 0 Å². The molecule has 2 aromatic carbocycles. The average molecular weight is 490 g/mol. The number of likely N-dealkylation sites (N-methyl/N-ethyl adjacent to an activating group) is 1. The van der Waals surface area contributed by atoms with E-state index in [1.807, 2.05) is 18.7 Å². The van der Waals surface area contributed by atoms with Crippen LogP contribution < -0.4 is 10.1 Å². The number of hydrogen-bond acceptors (Lipinski definition) is 5. The van der Waals surface area contributed by atoms with Crippen molar-refractivity contribution >= 4 is 17.5 Å². The predicted molar refractivity (Wildman–Crippen MR) is 129 cm³/mol. The van der Waals surface area contributed by atoms with Gasteiger partial charge in [0.25, 0.3) is 5.91 Å². The number of nitrogens with zero attached hydrogens (tertiary/aromatic N) is 2. The van der Waals surface area contributed by atoms with Gasteiger partial charge in [-0.25, -0.2) is 8.78 Å². The number of rotatable bonds is 4. The normalized spacial score (nSPS) is 22.0. The highest BCUT2D eigenvalue weighted by Gasteiger charge is 2.29. The van der Waals surface area contributed by atoms with E-state index in [1.54, 1.807) is 37.3 Å². The Morgan fingerprint density at radius 2 is 1.91 bits per heavy atom. The molecule has 1 N–H and O–H groups in total. The van der Waals surface area contributed by atoms with Gasteiger partial charge in [0, 0.05) is 64.1 Å². The van der Waals surface area contributed by atoms with Crippen LogP contribution in [0.15, 0.2) is 36.4 Å². The van der Waals surface area contributed by atoms with Crippen molar-refractivity contribution < 1.29 is 27.8 Å².